The van der Waals surface area contributed by atoms with E-state index in [4.69, 9.17) is 23.7 Å². The summed E-state index contributed by atoms with van der Waals surface area (Å²) < 4.78 is 28.6. The molecule has 0 aliphatic rings. The fourth-order valence-corrected chi connectivity index (χ4v) is 2.89. The lowest BCUT2D eigenvalue weighted by molar-refractivity contribution is -0.104. The lowest BCUT2D eigenvalue weighted by Gasteiger charge is -2.18. The fourth-order valence-electron chi connectivity index (χ4n) is 2.89. The molecule has 0 N–H and O–H groups in total. The second-order valence-corrected chi connectivity index (χ2v) is 7.21. The third kappa shape index (κ3) is 17.4. The van der Waals surface area contributed by atoms with Gasteiger partial charge in [0.1, 0.15) is 24.0 Å². The van der Waals surface area contributed by atoms with Crippen molar-refractivity contribution in [1.29, 1.82) is 0 Å². The van der Waals surface area contributed by atoms with Crippen molar-refractivity contribution in [2.24, 2.45) is 0 Å². The molecule has 2 unspecified atom stereocenters. The molecule has 0 aliphatic carbocycles. The molecule has 0 saturated carbocycles. The van der Waals surface area contributed by atoms with Crippen LogP contribution in [0.5, 0.6) is 0 Å². The molecule has 0 fully saturated rings. The monoisotopic (exact) mass is 414 g/mol. The Hall–Kier alpha value is -1.20. The lowest BCUT2D eigenvalue weighted by Crippen LogP contribution is -2.13. The summed E-state index contributed by atoms with van der Waals surface area (Å²) in [6.07, 6.45) is 13.9. The van der Waals surface area contributed by atoms with Gasteiger partial charge < -0.3 is 23.7 Å². The van der Waals surface area contributed by atoms with E-state index in [1.54, 1.807) is 12.5 Å². The van der Waals surface area contributed by atoms with Gasteiger partial charge in [-0.3, -0.25) is 0 Å². The molecular weight excluding hydrogens is 368 g/mol. The van der Waals surface area contributed by atoms with E-state index in [9.17, 15) is 0 Å². The summed E-state index contributed by atoms with van der Waals surface area (Å²) in [4.78, 5) is 0. The highest BCUT2D eigenvalue weighted by Crippen LogP contribution is 2.17. The van der Waals surface area contributed by atoms with Crippen LogP contribution < -0.4 is 0 Å². The van der Waals surface area contributed by atoms with Crippen LogP contribution in [0, 0.1) is 0 Å². The van der Waals surface area contributed by atoms with Crippen LogP contribution in [0.1, 0.15) is 106 Å². The normalized spacial score (nSPS) is 14.6. The Bertz CT molecular complexity index is 381. The largest absolute Gasteiger partial charge is 0.466 e. The van der Waals surface area contributed by atoms with Crippen molar-refractivity contribution in [1.82, 2.24) is 0 Å². The molecule has 0 aromatic carbocycles. The topological polar surface area (TPSA) is 46.2 Å². The zero-order valence-corrected chi connectivity index (χ0v) is 19.8. The Morgan fingerprint density at radius 3 is 1.38 bits per heavy atom. The van der Waals surface area contributed by atoms with Gasteiger partial charge in [0.2, 0.25) is 0 Å². The Labute approximate surface area is 179 Å². The summed E-state index contributed by atoms with van der Waals surface area (Å²) in [5, 5.41) is 0. The minimum absolute atomic E-state index is 0.284. The Morgan fingerprint density at radius 1 is 0.621 bits per heavy atom. The standard InChI is InChI=1S/C24H46O5/c1-7-11-13-15-17-23(28-21(5)26-9-3)19-25-20-24(18-16-14-12-8-2)29-22(6)27-10-4/h19-22H,7-18H2,1-6H3. The van der Waals surface area contributed by atoms with Gasteiger partial charge in [-0.15, -0.1) is 0 Å². The number of hydrogen-bond acceptors (Lipinski definition) is 5. The molecule has 0 saturated heterocycles. The van der Waals surface area contributed by atoms with Crippen molar-refractivity contribution in [3.63, 3.8) is 0 Å². The molecule has 29 heavy (non-hydrogen) atoms. The average Bonchev–Trinajstić information content (AvgIpc) is 2.68. The number of allylic oxidation sites excluding steroid dienone is 2. The third-order valence-corrected chi connectivity index (χ3v) is 4.39. The highest BCUT2D eigenvalue weighted by molar-refractivity contribution is 4.93. The molecule has 0 radical (unpaired) electrons. The number of ether oxygens (including phenoxy) is 5. The molecule has 5 heteroatoms. The zero-order valence-electron chi connectivity index (χ0n) is 19.8. The molecule has 0 amide bonds. The van der Waals surface area contributed by atoms with Crippen molar-refractivity contribution >= 4 is 0 Å². The summed E-state index contributed by atoms with van der Waals surface area (Å²) in [7, 11) is 0. The van der Waals surface area contributed by atoms with Gasteiger partial charge in [-0.05, 0) is 40.5 Å². The molecule has 0 heterocycles. The Balaban J connectivity index is 4.89. The maximum absolute atomic E-state index is 5.90. The van der Waals surface area contributed by atoms with Gasteiger partial charge in [0, 0.05) is 26.1 Å². The molecule has 0 aromatic heterocycles. The summed E-state index contributed by atoms with van der Waals surface area (Å²) >= 11 is 0. The number of hydrogen-bond donors (Lipinski definition) is 0. The maximum atomic E-state index is 5.90. The molecular formula is C24H46O5. The first-order valence-corrected chi connectivity index (χ1v) is 11.7. The molecule has 5 nitrogen and oxygen atoms in total. The molecule has 0 spiro atoms. The quantitative estimate of drug-likeness (QED) is 0.118. The second kappa shape index (κ2) is 20.1. The number of rotatable bonds is 20. The minimum Gasteiger partial charge on any atom is -0.466 e. The van der Waals surface area contributed by atoms with Crippen LogP contribution in [-0.4, -0.2) is 25.8 Å². The molecule has 0 bridgehead atoms. The minimum atomic E-state index is -0.284. The van der Waals surface area contributed by atoms with Crippen molar-refractivity contribution in [2.45, 2.75) is 118 Å². The zero-order chi connectivity index (χ0) is 21.7. The first kappa shape index (κ1) is 27.8. The van der Waals surface area contributed by atoms with E-state index in [0.29, 0.717) is 13.2 Å². The maximum Gasteiger partial charge on any atom is 0.196 e. The first-order chi connectivity index (χ1) is 14.1. The fraction of sp³-hybridized carbons (Fsp3) is 0.833. The van der Waals surface area contributed by atoms with Crippen molar-refractivity contribution in [3.8, 4) is 0 Å². The summed E-state index contributed by atoms with van der Waals surface area (Å²) in [6.45, 7) is 13.4. The Morgan fingerprint density at radius 2 is 1.03 bits per heavy atom. The molecule has 2 atom stereocenters. The van der Waals surface area contributed by atoms with Crippen molar-refractivity contribution in [2.75, 3.05) is 13.2 Å². The summed E-state index contributed by atoms with van der Waals surface area (Å²) in [5.41, 5.74) is 0. The highest BCUT2D eigenvalue weighted by atomic mass is 16.7. The van der Waals surface area contributed by atoms with Gasteiger partial charge in [-0.25, -0.2) is 0 Å². The number of unbranched alkanes of at least 4 members (excludes halogenated alkanes) is 6. The highest BCUT2D eigenvalue weighted by Gasteiger charge is 2.09. The second-order valence-electron chi connectivity index (χ2n) is 7.21. The van der Waals surface area contributed by atoms with E-state index in [1.807, 2.05) is 27.7 Å². The first-order valence-electron chi connectivity index (χ1n) is 11.7. The molecule has 172 valence electrons. The van der Waals surface area contributed by atoms with Crippen LogP contribution in [0.2, 0.25) is 0 Å². The van der Waals surface area contributed by atoms with Gasteiger partial charge in [0.25, 0.3) is 0 Å². The van der Waals surface area contributed by atoms with Crippen molar-refractivity contribution < 1.29 is 23.7 Å². The third-order valence-electron chi connectivity index (χ3n) is 4.39. The lowest BCUT2D eigenvalue weighted by atomic mass is 10.1. The van der Waals surface area contributed by atoms with E-state index in [0.717, 1.165) is 37.2 Å². The molecule has 0 aromatic rings. The SMILES string of the molecule is CCCCCCC(=COC=C(CCCCCC)OC(C)OCC)OC(C)OCC. The van der Waals surface area contributed by atoms with E-state index >= 15 is 0 Å². The van der Waals surface area contributed by atoms with Gasteiger partial charge in [-0.1, -0.05) is 52.4 Å². The predicted molar refractivity (Wildman–Crippen MR) is 119 cm³/mol. The van der Waals surface area contributed by atoms with Crippen LogP contribution in [0.25, 0.3) is 0 Å². The summed E-state index contributed by atoms with van der Waals surface area (Å²) in [6, 6.07) is 0. The van der Waals surface area contributed by atoms with Crippen LogP contribution >= 0.6 is 0 Å². The average molecular weight is 415 g/mol. The van der Waals surface area contributed by atoms with E-state index < -0.39 is 0 Å². The van der Waals surface area contributed by atoms with Gasteiger partial charge in [-0.2, -0.15) is 0 Å². The van der Waals surface area contributed by atoms with Crippen LogP contribution in [0.4, 0.5) is 0 Å². The van der Waals surface area contributed by atoms with Gasteiger partial charge >= 0.3 is 0 Å². The van der Waals surface area contributed by atoms with Crippen LogP contribution in [-0.2, 0) is 23.7 Å². The van der Waals surface area contributed by atoms with Gasteiger partial charge in [0.15, 0.2) is 12.6 Å². The van der Waals surface area contributed by atoms with E-state index in [2.05, 4.69) is 13.8 Å². The van der Waals surface area contributed by atoms with Crippen LogP contribution in [0.3, 0.4) is 0 Å². The Kier molecular flexibility index (Phi) is 19.3. The summed E-state index contributed by atoms with van der Waals surface area (Å²) in [5.74, 6) is 1.61. The van der Waals surface area contributed by atoms with Gasteiger partial charge in [0.05, 0.1) is 0 Å². The molecule has 0 rings (SSSR count). The van der Waals surface area contributed by atoms with Crippen molar-refractivity contribution in [3.05, 3.63) is 24.0 Å². The molecule has 0 aliphatic heterocycles. The van der Waals surface area contributed by atoms with Crippen LogP contribution in [0.15, 0.2) is 24.0 Å². The smallest absolute Gasteiger partial charge is 0.196 e. The van der Waals surface area contributed by atoms with E-state index in [-0.39, 0.29) is 12.6 Å². The predicted octanol–water partition coefficient (Wildman–Crippen LogP) is 7.42. The van der Waals surface area contributed by atoms with E-state index in [1.165, 1.54) is 38.5 Å².